The smallest absolute Gasteiger partial charge is 0.0122 e. The summed E-state index contributed by atoms with van der Waals surface area (Å²) < 4.78 is 0. The predicted molar refractivity (Wildman–Crippen MR) is 146 cm³/mol. The van der Waals surface area contributed by atoms with Gasteiger partial charge in [-0.2, -0.15) is 0 Å². The predicted octanol–water partition coefficient (Wildman–Crippen LogP) is 10.2. The number of hydrogen-bond acceptors (Lipinski definition) is 0. The summed E-state index contributed by atoms with van der Waals surface area (Å²) >= 11 is 0. The first kappa shape index (κ1) is 23.0. The van der Waals surface area contributed by atoms with Crippen molar-refractivity contribution in [1.29, 1.82) is 0 Å². The average Bonchev–Trinajstić information content (AvgIpc) is 2.71. The number of benzene rings is 3. The van der Waals surface area contributed by atoms with Crippen molar-refractivity contribution in [2.75, 3.05) is 0 Å². The van der Waals surface area contributed by atoms with Gasteiger partial charge in [-0.05, 0) is 22.0 Å². The maximum atomic E-state index is 5.13. The van der Waals surface area contributed by atoms with Gasteiger partial charge in [-0.25, -0.2) is 0 Å². The van der Waals surface area contributed by atoms with E-state index in [9.17, 15) is 0 Å². The van der Waals surface area contributed by atoms with E-state index < -0.39 is 0 Å². The summed E-state index contributed by atoms with van der Waals surface area (Å²) in [5, 5.41) is 10.3. The van der Waals surface area contributed by atoms with E-state index in [-0.39, 0.29) is 21.7 Å². The summed E-state index contributed by atoms with van der Waals surface area (Å²) in [5.74, 6) is 0. The molecule has 0 saturated heterocycles. The van der Waals surface area contributed by atoms with Crippen molar-refractivity contribution in [3.63, 3.8) is 0 Å². The largest absolute Gasteiger partial charge is 0.657 e. The van der Waals surface area contributed by atoms with Gasteiger partial charge in [0.1, 0.15) is 0 Å². The zero-order chi connectivity index (χ0) is 24.8. The van der Waals surface area contributed by atoms with Gasteiger partial charge < -0.3 is 10.6 Å². The lowest BCUT2D eigenvalue weighted by atomic mass is 9.68. The van der Waals surface area contributed by atoms with Crippen molar-refractivity contribution in [1.82, 2.24) is 0 Å². The molecular formula is C32H38N2-2. The molecule has 0 aromatic heterocycles. The second-order valence-electron chi connectivity index (χ2n) is 13.3. The fraction of sp³-hybridized carbons (Fsp3) is 0.438. The SMILES string of the molecule is CC(C)(C)c1ccc2c(c1)C(C)(C)c1cc3c(cc1[N-]2)[N-]c1ccc(C(C)(C)C)cc1C3(C)C. The van der Waals surface area contributed by atoms with E-state index in [0.717, 1.165) is 22.7 Å². The van der Waals surface area contributed by atoms with Crippen LogP contribution in [-0.2, 0) is 21.7 Å². The molecule has 2 aliphatic rings. The lowest BCUT2D eigenvalue weighted by molar-refractivity contribution is 0.578. The van der Waals surface area contributed by atoms with Gasteiger partial charge in [-0.3, -0.25) is 0 Å². The van der Waals surface area contributed by atoms with Gasteiger partial charge in [-0.15, -0.1) is 22.7 Å². The van der Waals surface area contributed by atoms with Crippen LogP contribution < -0.4 is 0 Å². The summed E-state index contributed by atoms with van der Waals surface area (Å²) in [7, 11) is 0. The molecule has 0 radical (unpaired) electrons. The molecular weight excluding hydrogens is 412 g/mol. The van der Waals surface area contributed by atoms with Crippen LogP contribution in [0.3, 0.4) is 0 Å². The van der Waals surface area contributed by atoms with E-state index in [4.69, 9.17) is 10.6 Å². The monoisotopic (exact) mass is 450 g/mol. The molecule has 0 amide bonds. The van der Waals surface area contributed by atoms with Crippen molar-refractivity contribution < 1.29 is 0 Å². The van der Waals surface area contributed by atoms with Gasteiger partial charge in [0.15, 0.2) is 0 Å². The summed E-state index contributed by atoms with van der Waals surface area (Å²) in [6, 6.07) is 18.2. The summed E-state index contributed by atoms with van der Waals surface area (Å²) in [6.45, 7) is 23.0. The van der Waals surface area contributed by atoms with E-state index in [2.05, 4.69) is 118 Å². The zero-order valence-corrected chi connectivity index (χ0v) is 22.5. The van der Waals surface area contributed by atoms with E-state index in [1.54, 1.807) is 0 Å². The van der Waals surface area contributed by atoms with Crippen molar-refractivity contribution in [3.8, 4) is 0 Å². The third-order valence-corrected chi connectivity index (χ3v) is 8.01. The molecule has 2 heterocycles. The lowest BCUT2D eigenvalue weighted by Gasteiger charge is -2.50. The topological polar surface area (TPSA) is 28.2 Å². The Morgan fingerprint density at radius 3 is 1.18 bits per heavy atom. The van der Waals surface area contributed by atoms with Crippen LogP contribution in [0.25, 0.3) is 10.6 Å². The lowest BCUT2D eigenvalue weighted by Crippen LogP contribution is -2.27. The minimum atomic E-state index is -0.133. The van der Waals surface area contributed by atoms with Crippen LogP contribution in [0.5, 0.6) is 0 Å². The van der Waals surface area contributed by atoms with Crippen LogP contribution in [0, 0.1) is 0 Å². The molecule has 0 aliphatic carbocycles. The quantitative estimate of drug-likeness (QED) is 0.326. The van der Waals surface area contributed by atoms with Gasteiger partial charge in [0, 0.05) is 10.8 Å². The van der Waals surface area contributed by atoms with Gasteiger partial charge in [-0.1, -0.05) is 140 Å². The highest BCUT2D eigenvalue weighted by atomic mass is 14.9. The molecule has 3 aromatic rings. The number of hydrogen-bond donors (Lipinski definition) is 0. The van der Waals surface area contributed by atoms with Gasteiger partial charge >= 0.3 is 0 Å². The first-order valence-electron chi connectivity index (χ1n) is 12.5. The van der Waals surface area contributed by atoms with Crippen molar-refractivity contribution >= 4 is 22.7 Å². The average molecular weight is 451 g/mol. The van der Waals surface area contributed by atoms with Crippen LogP contribution in [-0.4, -0.2) is 0 Å². The van der Waals surface area contributed by atoms with Gasteiger partial charge in [0.05, 0.1) is 0 Å². The Kier molecular flexibility index (Phi) is 4.67. The molecule has 0 bridgehead atoms. The Balaban J connectivity index is 1.66. The molecule has 0 N–H and O–H groups in total. The molecule has 2 nitrogen and oxygen atoms in total. The first-order valence-corrected chi connectivity index (χ1v) is 12.5. The van der Waals surface area contributed by atoms with Crippen LogP contribution in [0.1, 0.15) is 103 Å². The van der Waals surface area contributed by atoms with Crippen molar-refractivity contribution in [2.45, 2.75) is 90.9 Å². The van der Waals surface area contributed by atoms with Gasteiger partial charge in [0.2, 0.25) is 0 Å². The molecule has 178 valence electrons. The molecule has 2 heteroatoms. The highest BCUT2D eigenvalue weighted by Crippen LogP contribution is 2.59. The van der Waals surface area contributed by atoms with E-state index in [1.165, 1.54) is 33.4 Å². The Hall–Kier alpha value is -2.74. The minimum Gasteiger partial charge on any atom is -0.657 e. The number of rotatable bonds is 0. The second-order valence-corrected chi connectivity index (χ2v) is 13.3. The summed E-state index contributed by atoms with van der Waals surface area (Å²) in [4.78, 5) is 0. The van der Waals surface area contributed by atoms with Crippen LogP contribution in [0.2, 0.25) is 0 Å². The second kappa shape index (κ2) is 6.90. The van der Waals surface area contributed by atoms with E-state index >= 15 is 0 Å². The fourth-order valence-electron chi connectivity index (χ4n) is 5.51. The first-order chi connectivity index (χ1) is 15.6. The molecule has 34 heavy (non-hydrogen) atoms. The number of fused-ring (bicyclic) bond motifs is 4. The Bertz CT molecular complexity index is 1210. The third kappa shape index (κ3) is 3.37. The Labute approximate surface area is 206 Å². The molecule has 0 spiro atoms. The van der Waals surface area contributed by atoms with Crippen molar-refractivity contribution in [2.24, 2.45) is 0 Å². The third-order valence-electron chi connectivity index (χ3n) is 8.01. The highest BCUT2D eigenvalue weighted by Gasteiger charge is 2.34. The molecule has 2 aliphatic heterocycles. The minimum absolute atomic E-state index is 0.108. The van der Waals surface area contributed by atoms with Crippen molar-refractivity contribution in [3.05, 3.63) is 92.5 Å². The van der Waals surface area contributed by atoms with E-state index in [0.29, 0.717) is 0 Å². The maximum Gasteiger partial charge on any atom is 0.0122 e. The van der Waals surface area contributed by atoms with E-state index in [1.807, 2.05) is 0 Å². The Morgan fingerprint density at radius 1 is 0.471 bits per heavy atom. The fourth-order valence-corrected chi connectivity index (χ4v) is 5.51. The van der Waals surface area contributed by atoms with Crippen LogP contribution in [0.15, 0.2) is 48.5 Å². The molecule has 3 aromatic carbocycles. The molecule has 5 rings (SSSR count). The van der Waals surface area contributed by atoms with Crippen LogP contribution in [0.4, 0.5) is 22.7 Å². The number of nitrogens with zero attached hydrogens (tertiary/aromatic N) is 2. The summed E-state index contributed by atoms with van der Waals surface area (Å²) in [5.41, 5.74) is 12.1. The van der Waals surface area contributed by atoms with Crippen LogP contribution >= 0.6 is 0 Å². The normalized spacial score (nSPS) is 17.5. The molecule has 0 saturated carbocycles. The highest BCUT2D eigenvalue weighted by molar-refractivity contribution is 5.89. The molecule has 0 atom stereocenters. The Morgan fingerprint density at radius 2 is 0.824 bits per heavy atom. The molecule has 0 fully saturated rings. The summed E-state index contributed by atoms with van der Waals surface area (Å²) in [6.07, 6.45) is 0. The van der Waals surface area contributed by atoms with Gasteiger partial charge in [0.25, 0.3) is 0 Å². The zero-order valence-electron chi connectivity index (χ0n) is 22.5. The molecule has 0 unspecified atom stereocenters. The maximum absolute atomic E-state index is 5.13. The standard InChI is InChI=1S/C32H38N2/c1-29(2,3)19-11-13-25-21(15-19)31(7,8)23-17-24-28(18-27(23)33-25)34-26-14-12-20(30(4,5)6)16-22(26)32(24,9)10/h11-18H,1-10H3/q-2.